The molecule has 0 aromatic heterocycles. The van der Waals surface area contributed by atoms with Crippen LogP contribution in [0.1, 0.15) is 25.7 Å². The Hall–Kier alpha value is -0.710. The predicted molar refractivity (Wildman–Crippen MR) is 69.7 cm³/mol. The van der Waals surface area contributed by atoms with Gasteiger partial charge in [-0.15, -0.1) is 0 Å². The van der Waals surface area contributed by atoms with Crippen molar-refractivity contribution in [2.24, 2.45) is 4.99 Å². The van der Waals surface area contributed by atoms with Crippen molar-refractivity contribution in [2.45, 2.75) is 25.7 Å². The Kier molecular flexibility index (Phi) is 3.51. The van der Waals surface area contributed by atoms with Gasteiger partial charge in [-0.1, -0.05) is 12.1 Å². The maximum Gasteiger partial charge on any atom is 0.138 e. The van der Waals surface area contributed by atoms with Gasteiger partial charge in [0.25, 0.3) is 0 Å². The maximum atomic E-state index is 11.3. The summed E-state index contributed by atoms with van der Waals surface area (Å²) in [5, 5.41) is 0. The van der Waals surface area contributed by atoms with E-state index in [1.807, 2.05) is 24.3 Å². The van der Waals surface area contributed by atoms with E-state index in [2.05, 4.69) is 27.6 Å². The summed E-state index contributed by atoms with van der Waals surface area (Å²) >= 11 is 2.27. The number of hydrogen-bond donors (Lipinski definition) is 0. The average molecular weight is 313 g/mol. The number of benzene rings is 1. The lowest BCUT2D eigenvalue weighted by atomic mass is 9.97. The Morgan fingerprint density at radius 3 is 2.73 bits per heavy atom. The van der Waals surface area contributed by atoms with E-state index in [1.54, 1.807) is 0 Å². The lowest BCUT2D eigenvalue weighted by Gasteiger charge is -2.11. The van der Waals surface area contributed by atoms with Gasteiger partial charge in [-0.2, -0.15) is 0 Å². The summed E-state index contributed by atoms with van der Waals surface area (Å²) < 4.78 is 1.14. The van der Waals surface area contributed by atoms with Crippen molar-refractivity contribution in [3.05, 3.63) is 27.8 Å². The number of ketones is 1. The van der Waals surface area contributed by atoms with Crippen molar-refractivity contribution in [2.75, 3.05) is 0 Å². The standard InChI is InChI=1S/C12H12INO/c13-11-6-1-2-7-12(11)14-9-4-3-5-10(15)8-9/h1-2,6-7H,3-5,8H2. The first kappa shape index (κ1) is 10.8. The number of aliphatic imine (C=N–C) groups is 1. The van der Waals surface area contributed by atoms with Gasteiger partial charge in [0.2, 0.25) is 0 Å². The lowest BCUT2D eigenvalue weighted by molar-refractivity contribution is -0.118. The highest BCUT2D eigenvalue weighted by atomic mass is 127. The Labute approximate surface area is 103 Å². The van der Waals surface area contributed by atoms with Gasteiger partial charge >= 0.3 is 0 Å². The molecule has 2 rings (SSSR count). The van der Waals surface area contributed by atoms with Gasteiger partial charge < -0.3 is 0 Å². The summed E-state index contributed by atoms with van der Waals surface area (Å²) in [6, 6.07) is 8.00. The molecule has 15 heavy (non-hydrogen) atoms. The number of rotatable bonds is 1. The molecule has 1 saturated carbocycles. The van der Waals surface area contributed by atoms with E-state index in [0.717, 1.165) is 34.2 Å². The van der Waals surface area contributed by atoms with Crippen molar-refractivity contribution >= 4 is 39.8 Å². The summed E-state index contributed by atoms with van der Waals surface area (Å²) in [5.74, 6) is 0.325. The van der Waals surface area contributed by atoms with E-state index in [1.165, 1.54) is 0 Å². The molecule has 78 valence electrons. The van der Waals surface area contributed by atoms with Crippen LogP contribution in [0.25, 0.3) is 0 Å². The molecule has 0 radical (unpaired) electrons. The molecule has 1 aromatic rings. The van der Waals surface area contributed by atoms with Crippen LogP contribution in [0.15, 0.2) is 29.3 Å². The SMILES string of the molecule is O=C1CCCC(=Nc2ccccc2I)C1. The predicted octanol–water partition coefficient (Wildman–Crippen LogP) is 3.51. The van der Waals surface area contributed by atoms with Crippen molar-refractivity contribution < 1.29 is 4.79 Å². The second-order valence-electron chi connectivity index (χ2n) is 3.70. The first-order valence-electron chi connectivity index (χ1n) is 5.08. The highest BCUT2D eigenvalue weighted by molar-refractivity contribution is 14.1. The molecule has 0 saturated heterocycles. The minimum atomic E-state index is 0.325. The zero-order valence-electron chi connectivity index (χ0n) is 8.37. The van der Waals surface area contributed by atoms with Crippen LogP contribution in [0.4, 0.5) is 5.69 Å². The molecule has 2 nitrogen and oxygen atoms in total. The summed E-state index contributed by atoms with van der Waals surface area (Å²) in [5.41, 5.74) is 2.03. The average Bonchev–Trinajstić information content (AvgIpc) is 2.22. The topological polar surface area (TPSA) is 29.4 Å². The van der Waals surface area contributed by atoms with Crippen LogP contribution in [0.2, 0.25) is 0 Å². The van der Waals surface area contributed by atoms with E-state index in [0.29, 0.717) is 12.2 Å². The number of carbonyl (C=O) groups excluding carboxylic acids is 1. The normalized spacial score (nSPS) is 19.5. The Balaban J connectivity index is 2.22. The first-order chi connectivity index (χ1) is 7.25. The van der Waals surface area contributed by atoms with Gasteiger partial charge in [0.1, 0.15) is 5.78 Å². The summed E-state index contributed by atoms with van der Waals surface area (Å²) in [6.45, 7) is 0. The number of carbonyl (C=O) groups is 1. The molecule has 1 fully saturated rings. The van der Waals surface area contributed by atoms with E-state index in [-0.39, 0.29) is 0 Å². The highest BCUT2D eigenvalue weighted by Crippen LogP contribution is 2.23. The minimum Gasteiger partial charge on any atom is -0.299 e. The van der Waals surface area contributed by atoms with Crippen LogP contribution < -0.4 is 0 Å². The third-order valence-electron chi connectivity index (χ3n) is 2.45. The fraction of sp³-hybridized carbons (Fsp3) is 0.333. The van der Waals surface area contributed by atoms with E-state index in [9.17, 15) is 4.79 Å². The number of halogens is 1. The molecule has 0 aliphatic heterocycles. The van der Waals surface area contributed by atoms with E-state index in [4.69, 9.17) is 0 Å². The van der Waals surface area contributed by atoms with Crippen molar-refractivity contribution in [1.82, 2.24) is 0 Å². The van der Waals surface area contributed by atoms with Gasteiger partial charge in [-0.25, -0.2) is 0 Å². The molecule has 1 aromatic carbocycles. The summed E-state index contributed by atoms with van der Waals surface area (Å²) in [6.07, 6.45) is 3.20. The second-order valence-corrected chi connectivity index (χ2v) is 4.86. The Morgan fingerprint density at radius 2 is 2.00 bits per heavy atom. The number of para-hydroxylation sites is 1. The van der Waals surface area contributed by atoms with Gasteiger partial charge in [-0.3, -0.25) is 9.79 Å². The van der Waals surface area contributed by atoms with Gasteiger partial charge in [-0.05, 0) is 47.6 Å². The molecule has 1 aliphatic carbocycles. The molecular weight excluding hydrogens is 301 g/mol. The van der Waals surface area contributed by atoms with Crippen molar-refractivity contribution in [1.29, 1.82) is 0 Å². The Bertz CT molecular complexity index is 412. The maximum absolute atomic E-state index is 11.3. The van der Waals surface area contributed by atoms with E-state index >= 15 is 0 Å². The fourth-order valence-electron chi connectivity index (χ4n) is 1.70. The van der Waals surface area contributed by atoms with Crippen LogP contribution in [0.5, 0.6) is 0 Å². The van der Waals surface area contributed by atoms with Crippen LogP contribution in [0.3, 0.4) is 0 Å². The molecular formula is C12H12INO. The smallest absolute Gasteiger partial charge is 0.138 e. The number of Topliss-reactive ketones (excluding diaryl/α,β-unsaturated/α-hetero) is 1. The third kappa shape index (κ3) is 2.87. The quantitative estimate of drug-likeness (QED) is 0.730. The fourth-order valence-corrected chi connectivity index (χ4v) is 2.21. The number of hydrogen-bond acceptors (Lipinski definition) is 2. The molecule has 0 unspecified atom stereocenters. The molecule has 0 spiro atoms. The van der Waals surface area contributed by atoms with Crippen LogP contribution in [-0.2, 0) is 4.79 Å². The van der Waals surface area contributed by atoms with Gasteiger partial charge in [0, 0.05) is 22.1 Å². The summed E-state index contributed by atoms with van der Waals surface area (Å²) in [7, 11) is 0. The van der Waals surface area contributed by atoms with Crippen molar-refractivity contribution in [3.63, 3.8) is 0 Å². The highest BCUT2D eigenvalue weighted by Gasteiger charge is 2.14. The Morgan fingerprint density at radius 1 is 1.20 bits per heavy atom. The molecule has 0 amide bonds. The van der Waals surface area contributed by atoms with Gasteiger partial charge in [0.05, 0.1) is 5.69 Å². The van der Waals surface area contributed by atoms with Crippen molar-refractivity contribution in [3.8, 4) is 0 Å². The largest absolute Gasteiger partial charge is 0.299 e. The molecule has 0 bridgehead atoms. The zero-order chi connectivity index (χ0) is 10.7. The lowest BCUT2D eigenvalue weighted by Crippen LogP contribution is -2.14. The zero-order valence-corrected chi connectivity index (χ0v) is 10.5. The minimum absolute atomic E-state index is 0.325. The first-order valence-corrected chi connectivity index (χ1v) is 6.16. The summed E-state index contributed by atoms with van der Waals surface area (Å²) in [4.78, 5) is 15.8. The number of nitrogens with zero attached hydrogens (tertiary/aromatic N) is 1. The van der Waals surface area contributed by atoms with Crippen LogP contribution in [-0.4, -0.2) is 11.5 Å². The molecule has 0 heterocycles. The molecule has 0 N–H and O–H groups in total. The third-order valence-corrected chi connectivity index (χ3v) is 3.37. The molecule has 3 heteroatoms. The second kappa shape index (κ2) is 4.88. The van der Waals surface area contributed by atoms with Crippen LogP contribution in [0, 0.1) is 3.57 Å². The van der Waals surface area contributed by atoms with E-state index < -0.39 is 0 Å². The van der Waals surface area contributed by atoms with Crippen LogP contribution >= 0.6 is 22.6 Å². The molecule has 0 atom stereocenters. The molecule has 1 aliphatic rings. The van der Waals surface area contributed by atoms with Gasteiger partial charge in [0.15, 0.2) is 0 Å². The monoisotopic (exact) mass is 313 g/mol.